The van der Waals surface area contributed by atoms with Gasteiger partial charge in [0.1, 0.15) is 31.3 Å². The quantitative estimate of drug-likeness (QED) is 0.128. The van der Waals surface area contributed by atoms with Crippen LogP contribution in [0.1, 0.15) is 12.8 Å². The van der Waals surface area contributed by atoms with E-state index in [0.29, 0.717) is 40.8 Å². The molecule has 0 atom stereocenters. The summed E-state index contributed by atoms with van der Waals surface area (Å²) in [5.41, 5.74) is 13.8. The third kappa shape index (κ3) is 9.44. The number of aliphatic hydroxyl groups is 1. The minimum Gasteiger partial charge on any atom is -0.489 e. The highest BCUT2D eigenvalue weighted by Gasteiger charge is 2.09. The van der Waals surface area contributed by atoms with E-state index in [1.165, 1.54) is 0 Å². The van der Waals surface area contributed by atoms with Crippen molar-refractivity contribution in [1.29, 1.82) is 0 Å². The van der Waals surface area contributed by atoms with E-state index in [2.05, 4.69) is 10.6 Å². The van der Waals surface area contributed by atoms with Crippen LogP contribution in [0.3, 0.4) is 0 Å². The number of carbonyl (C=O) groups excluding carboxylic acids is 1. The van der Waals surface area contributed by atoms with Crippen LogP contribution < -0.4 is 31.6 Å². The fourth-order valence-electron chi connectivity index (χ4n) is 2.75. The molecule has 11 nitrogen and oxygen atoms in total. The highest BCUT2D eigenvalue weighted by Crippen LogP contribution is 2.28. The van der Waals surface area contributed by atoms with Gasteiger partial charge in [0.15, 0.2) is 0 Å². The number of rotatable bonds is 15. The molecule has 0 heterocycles. The van der Waals surface area contributed by atoms with Crippen molar-refractivity contribution >= 4 is 34.7 Å². The molecular formula is C22H30N4O7. The van der Waals surface area contributed by atoms with Gasteiger partial charge >= 0.3 is 11.9 Å². The van der Waals surface area contributed by atoms with Crippen LogP contribution in [0.25, 0.3) is 0 Å². The van der Waals surface area contributed by atoms with Crippen molar-refractivity contribution in [2.45, 2.75) is 12.8 Å². The number of aliphatic hydroxyl groups excluding tert-OH is 1. The zero-order valence-electron chi connectivity index (χ0n) is 18.2. The first-order valence-electron chi connectivity index (χ1n) is 10.4. The number of nitrogens with one attached hydrogen (secondary N) is 2. The lowest BCUT2D eigenvalue weighted by Gasteiger charge is -2.14. The van der Waals surface area contributed by atoms with Crippen molar-refractivity contribution in [1.82, 2.24) is 0 Å². The van der Waals surface area contributed by atoms with E-state index in [9.17, 15) is 9.59 Å². The van der Waals surface area contributed by atoms with Crippen LogP contribution in [0.2, 0.25) is 0 Å². The van der Waals surface area contributed by atoms with Crippen LogP contribution in [0.4, 0.5) is 22.7 Å². The molecule has 0 bridgehead atoms. The monoisotopic (exact) mass is 462 g/mol. The van der Waals surface area contributed by atoms with Gasteiger partial charge in [-0.15, -0.1) is 0 Å². The topological polar surface area (TPSA) is 178 Å². The Labute approximate surface area is 191 Å². The third-order valence-electron chi connectivity index (χ3n) is 4.26. The molecule has 2 aromatic carbocycles. The predicted octanol–water partition coefficient (Wildman–Crippen LogP) is 1.53. The second kappa shape index (κ2) is 13.5. The summed E-state index contributed by atoms with van der Waals surface area (Å²) < 4.78 is 16.2. The fourth-order valence-corrected chi connectivity index (χ4v) is 2.75. The second-order valence-corrected chi connectivity index (χ2v) is 6.90. The summed E-state index contributed by atoms with van der Waals surface area (Å²) >= 11 is 0. The van der Waals surface area contributed by atoms with Gasteiger partial charge in [0.25, 0.3) is 0 Å². The molecule has 33 heavy (non-hydrogen) atoms. The second-order valence-electron chi connectivity index (χ2n) is 6.90. The van der Waals surface area contributed by atoms with Gasteiger partial charge in [0.2, 0.25) is 0 Å². The summed E-state index contributed by atoms with van der Waals surface area (Å²) in [7, 11) is 0. The summed E-state index contributed by atoms with van der Waals surface area (Å²) in [6.07, 6.45) is 0.0744. The van der Waals surface area contributed by atoms with E-state index in [1.54, 1.807) is 36.4 Å². The first kappa shape index (κ1) is 25.4. The smallest absolute Gasteiger partial charge is 0.307 e. The van der Waals surface area contributed by atoms with E-state index >= 15 is 0 Å². The van der Waals surface area contributed by atoms with Gasteiger partial charge in [0.05, 0.1) is 30.8 Å². The maximum Gasteiger partial charge on any atom is 0.307 e. The van der Waals surface area contributed by atoms with Crippen LogP contribution >= 0.6 is 0 Å². The molecule has 0 spiro atoms. The minimum atomic E-state index is -0.910. The molecule has 0 saturated carbocycles. The number of nitrogens with two attached hydrogens (primary N) is 2. The molecule has 0 amide bonds. The van der Waals surface area contributed by atoms with Crippen molar-refractivity contribution in [3.05, 3.63) is 36.4 Å². The molecule has 2 aromatic rings. The lowest BCUT2D eigenvalue weighted by atomic mass is 10.2. The zero-order valence-corrected chi connectivity index (χ0v) is 18.2. The molecule has 0 unspecified atom stereocenters. The van der Waals surface area contributed by atoms with Gasteiger partial charge in [-0.25, -0.2) is 0 Å². The van der Waals surface area contributed by atoms with Gasteiger partial charge in [-0.3, -0.25) is 9.59 Å². The summed E-state index contributed by atoms with van der Waals surface area (Å²) in [5.74, 6) is -0.392. The molecule has 0 fully saturated rings. The van der Waals surface area contributed by atoms with E-state index in [1.807, 2.05) is 0 Å². The van der Waals surface area contributed by atoms with Crippen LogP contribution in [0.15, 0.2) is 36.4 Å². The Kier molecular flexibility index (Phi) is 10.4. The Morgan fingerprint density at radius 1 is 0.818 bits per heavy atom. The van der Waals surface area contributed by atoms with Crippen molar-refractivity contribution in [2.75, 3.05) is 61.6 Å². The number of nitrogen functional groups attached to an aromatic ring is 2. The standard InChI is InChI=1S/C22H30N4O7/c23-15-1-3-17(19(13-15)31-10-9-27)26-8-6-22(30)33-12-11-32-20-14-16(24)2-4-18(20)25-7-5-21(28)29/h1-4,13-14,25-27H,5-12,23-24H2,(H,28,29). The van der Waals surface area contributed by atoms with Crippen molar-refractivity contribution < 1.29 is 34.0 Å². The molecule has 0 aliphatic rings. The van der Waals surface area contributed by atoms with E-state index in [-0.39, 0.29) is 45.8 Å². The van der Waals surface area contributed by atoms with Crippen molar-refractivity contribution in [2.24, 2.45) is 0 Å². The van der Waals surface area contributed by atoms with Crippen LogP contribution in [-0.4, -0.2) is 61.7 Å². The first-order valence-corrected chi connectivity index (χ1v) is 10.4. The average Bonchev–Trinajstić information content (AvgIpc) is 2.77. The van der Waals surface area contributed by atoms with Gasteiger partial charge < -0.3 is 46.5 Å². The number of carboxylic acids is 1. The summed E-state index contributed by atoms with van der Waals surface area (Å²) in [5, 5.41) is 23.7. The lowest BCUT2D eigenvalue weighted by Crippen LogP contribution is -2.16. The number of ether oxygens (including phenoxy) is 3. The molecular weight excluding hydrogens is 432 g/mol. The van der Waals surface area contributed by atoms with Crippen molar-refractivity contribution in [3.63, 3.8) is 0 Å². The molecule has 0 aliphatic carbocycles. The lowest BCUT2D eigenvalue weighted by molar-refractivity contribution is -0.144. The average molecular weight is 463 g/mol. The fraction of sp³-hybridized carbons (Fsp3) is 0.364. The van der Waals surface area contributed by atoms with Gasteiger partial charge in [-0.1, -0.05) is 0 Å². The Morgan fingerprint density at radius 2 is 1.36 bits per heavy atom. The largest absolute Gasteiger partial charge is 0.489 e. The Morgan fingerprint density at radius 3 is 1.91 bits per heavy atom. The van der Waals surface area contributed by atoms with Crippen molar-refractivity contribution in [3.8, 4) is 11.5 Å². The number of aliphatic carboxylic acids is 1. The van der Waals surface area contributed by atoms with Crippen LogP contribution in [-0.2, 0) is 14.3 Å². The normalized spacial score (nSPS) is 10.3. The molecule has 11 heteroatoms. The highest BCUT2D eigenvalue weighted by atomic mass is 16.6. The molecule has 8 N–H and O–H groups in total. The molecule has 0 radical (unpaired) electrons. The Bertz CT molecular complexity index is 924. The SMILES string of the molecule is Nc1ccc(NCCC(=O)OCCOc2cc(N)ccc2NCCC(=O)O)c(OCCO)c1. The molecule has 0 aromatic heterocycles. The van der Waals surface area contributed by atoms with E-state index in [0.717, 1.165) is 0 Å². The molecule has 0 aliphatic heterocycles. The van der Waals surface area contributed by atoms with Crippen LogP contribution in [0, 0.1) is 0 Å². The van der Waals surface area contributed by atoms with Gasteiger partial charge in [-0.05, 0) is 24.3 Å². The number of anilines is 4. The maximum absolute atomic E-state index is 12.0. The summed E-state index contributed by atoms with van der Waals surface area (Å²) in [6.45, 7) is 0.689. The van der Waals surface area contributed by atoms with Crippen LogP contribution in [0.5, 0.6) is 11.5 Å². The number of hydrogen-bond acceptors (Lipinski definition) is 10. The Balaban J connectivity index is 1.73. The molecule has 0 saturated heterocycles. The zero-order chi connectivity index (χ0) is 24.1. The highest BCUT2D eigenvalue weighted by molar-refractivity contribution is 5.71. The van der Waals surface area contributed by atoms with E-state index < -0.39 is 11.9 Å². The number of carbonyl (C=O) groups is 2. The van der Waals surface area contributed by atoms with E-state index in [4.69, 9.17) is 35.9 Å². The molecule has 2 rings (SSSR count). The third-order valence-corrected chi connectivity index (χ3v) is 4.26. The first-order chi connectivity index (χ1) is 15.9. The number of hydrogen-bond donors (Lipinski definition) is 6. The minimum absolute atomic E-state index is 0.0366. The molecule has 180 valence electrons. The predicted molar refractivity (Wildman–Crippen MR) is 125 cm³/mol. The number of esters is 1. The summed E-state index contributed by atoms with van der Waals surface area (Å²) in [6, 6.07) is 10.0. The number of benzene rings is 2. The summed E-state index contributed by atoms with van der Waals surface area (Å²) in [4.78, 5) is 22.7. The van der Waals surface area contributed by atoms with Gasteiger partial charge in [-0.2, -0.15) is 0 Å². The number of carboxylic acid groups (broad SMARTS) is 1. The Hall–Kier alpha value is -3.86. The maximum atomic E-state index is 12.0. The van der Waals surface area contributed by atoms with Gasteiger partial charge in [0, 0.05) is 36.6 Å².